The number of carboxylic acids is 1. The molecule has 2 aromatic rings. The molecular formula is C18H16O4S. The van der Waals surface area contributed by atoms with Crippen LogP contribution in [0.1, 0.15) is 33.5 Å². The van der Waals surface area contributed by atoms with Crippen molar-refractivity contribution < 1.29 is 18.3 Å². The molecule has 0 atom stereocenters. The molecule has 0 bridgehead atoms. The second-order valence-electron chi connectivity index (χ2n) is 5.60. The lowest BCUT2D eigenvalue weighted by atomic mass is 9.86. The van der Waals surface area contributed by atoms with Gasteiger partial charge in [-0.2, -0.15) is 0 Å². The van der Waals surface area contributed by atoms with E-state index < -0.39 is 15.8 Å². The first-order chi connectivity index (χ1) is 10.9. The average molecular weight is 328 g/mol. The molecule has 0 saturated carbocycles. The summed E-state index contributed by atoms with van der Waals surface area (Å²) < 4.78 is 24.1. The van der Waals surface area contributed by atoms with Gasteiger partial charge in [0.05, 0.1) is 10.5 Å². The highest BCUT2D eigenvalue weighted by Crippen LogP contribution is 2.35. The molecule has 23 heavy (non-hydrogen) atoms. The molecule has 118 valence electrons. The standard InChI is InChI=1S/C18H16O4S/c1-23(21,22)17-8-3-2-6-15(17)14-7-4-5-12-9-10-13(18(19)20)11-16(12)14/h2-3,6-11H,4-5H2,1H3,(H,19,20). The highest BCUT2D eigenvalue weighted by Gasteiger charge is 2.21. The fourth-order valence-electron chi connectivity index (χ4n) is 2.93. The normalized spacial score (nSPS) is 14.0. The molecule has 0 aliphatic heterocycles. The number of fused-ring (bicyclic) bond motifs is 1. The zero-order valence-corrected chi connectivity index (χ0v) is 13.4. The Morgan fingerprint density at radius 1 is 1.09 bits per heavy atom. The van der Waals surface area contributed by atoms with Crippen LogP contribution in [0.4, 0.5) is 0 Å². The van der Waals surface area contributed by atoms with Crippen molar-refractivity contribution in [2.75, 3.05) is 6.26 Å². The minimum absolute atomic E-state index is 0.202. The maximum Gasteiger partial charge on any atom is 0.335 e. The SMILES string of the molecule is CS(=O)(=O)c1ccccc1C1=CCCc2ccc(C(=O)O)cc21. The van der Waals surface area contributed by atoms with E-state index in [1.54, 1.807) is 36.4 Å². The van der Waals surface area contributed by atoms with Crippen molar-refractivity contribution in [2.45, 2.75) is 17.7 Å². The highest BCUT2D eigenvalue weighted by atomic mass is 32.2. The van der Waals surface area contributed by atoms with Crippen molar-refractivity contribution in [2.24, 2.45) is 0 Å². The zero-order valence-electron chi connectivity index (χ0n) is 12.6. The van der Waals surface area contributed by atoms with E-state index in [2.05, 4.69) is 0 Å². The van der Waals surface area contributed by atoms with E-state index >= 15 is 0 Å². The van der Waals surface area contributed by atoms with Crippen molar-refractivity contribution in [3.8, 4) is 0 Å². The van der Waals surface area contributed by atoms with E-state index in [9.17, 15) is 18.3 Å². The van der Waals surface area contributed by atoms with Crippen LogP contribution in [-0.2, 0) is 16.3 Å². The fourth-order valence-corrected chi connectivity index (χ4v) is 3.83. The van der Waals surface area contributed by atoms with Crippen LogP contribution in [0.15, 0.2) is 53.4 Å². The molecular weight excluding hydrogens is 312 g/mol. The summed E-state index contributed by atoms with van der Waals surface area (Å²) in [6.07, 6.45) is 4.79. The smallest absolute Gasteiger partial charge is 0.335 e. The number of carboxylic acid groups (broad SMARTS) is 1. The van der Waals surface area contributed by atoms with Gasteiger partial charge in [-0.3, -0.25) is 0 Å². The second-order valence-corrected chi connectivity index (χ2v) is 7.59. The predicted molar refractivity (Wildman–Crippen MR) is 88.4 cm³/mol. The molecule has 2 aromatic carbocycles. The van der Waals surface area contributed by atoms with Gasteiger partial charge in [-0.05, 0) is 47.7 Å². The molecule has 0 aromatic heterocycles. The lowest BCUT2D eigenvalue weighted by molar-refractivity contribution is 0.0697. The molecule has 0 radical (unpaired) electrons. The van der Waals surface area contributed by atoms with Gasteiger partial charge in [-0.15, -0.1) is 0 Å². The topological polar surface area (TPSA) is 71.4 Å². The van der Waals surface area contributed by atoms with E-state index in [4.69, 9.17) is 0 Å². The minimum atomic E-state index is -3.37. The first kappa shape index (κ1) is 15.5. The third-order valence-electron chi connectivity index (χ3n) is 3.99. The molecule has 3 rings (SSSR count). The van der Waals surface area contributed by atoms with Gasteiger partial charge in [0, 0.05) is 11.8 Å². The molecule has 0 spiro atoms. The number of carbonyl (C=O) groups is 1. The van der Waals surface area contributed by atoms with Crippen molar-refractivity contribution >= 4 is 21.4 Å². The number of allylic oxidation sites excluding steroid dienone is 1. The molecule has 1 aliphatic rings. The number of rotatable bonds is 3. The summed E-state index contributed by atoms with van der Waals surface area (Å²) >= 11 is 0. The maximum atomic E-state index is 12.1. The third kappa shape index (κ3) is 2.92. The van der Waals surface area contributed by atoms with E-state index in [1.807, 2.05) is 12.1 Å². The summed E-state index contributed by atoms with van der Waals surface area (Å²) in [7, 11) is -3.37. The minimum Gasteiger partial charge on any atom is -0.478 e. The Morgan fingerprint density at radius 3 is 2.52 bits per heavy atom. The fraction of sp³-hybridized carbons (Fsp3) is 0.167. The summed E-state index contributed by atoms with van der Waals surface area (Å²) in [5, 5.41) is 9.21. The van der Waals surface area contributed by atoms with Gasteiger partial charge < -0.3 is 5.11 Å². The highest BCUT2D eigenvalue weighted by molar-refractivity contribution is 7.90. The summed E-state index contributed by atoms with van der Waals surface area (Å²) in [5.74, 6) is -0.992. The molecule has 5 heteroatoms. The predicted octanol–water partition coefficient (Wildman–Crippen LogP) is 3.17. The summed E-state index contributed by atoms with van der Waals surface area (Å²) in [6.45, 7) is 0. The van der Waals surface area contributed by atoms with Gasteiger partial charge in [-0.1, -0.05) is 30.3 Å². The quantitative estimate of drug-likeness (QED) is 0.939. The van der Waals surface area contributed by atoms with Crippen LogP contribution in [0.2, 0.25) is 0 Å². The van der Waals surface area contributed by atoms with Crippen LogP contribution in [0, 0.1) is 0 Å². The number of aromatic carboxylic acids is 1. The van der Waals surface area contributed by atoms with E-state index in [-0.39, 0.29) is 10.5 Å². The van der Waals surface area contributed by atoms with Gasteiger partial charge in [-0.25, -0.2) is 13.2 Å². The lowest BCUT2D eigenvalue weighted by Crippen LogP contribution is -2.08. The number of hydrogen-bond acceptors (Lipinski definition) is 3. The Kier molecular flexibility index (Phi) is 3.82. The van der Waals surface area contributed by atoms with Crippen LogP contribution in [0.25, 0.3) is 5.57 Å². The van der Waals surface area contributed by atoms with Gasteiger partial charge in [0.15, 0.2) is 9.84 Å². The molecule has 0 fully saturated rings. The first-order valence-electron chi connectivity index (χ1n) is 7.24. The summed E-state index contributed by atoms with van der Waals surface area (Å²) in [6, 6.07) is 11.9. The molecule has 4 nitrogen and oxygen atoms in total. The Morgan fingerprint density at radius 2 is 1.83 bits per heavy atom. The van der Waals surface area contributed by atoms with Crippen LogP contribution in [0.5, 0.6) is 0 Å². The van der Waals surface area contributed by atoms with Crippen LogP contribution < -0.4 is 0 Å². The van der Waals surface area contributed by atoms with Gasteiger partial charge >= 0.3 is 5.97 Å². The largest absolute Gasteiger partial charge is 0.478 e. The second kappa shape index (κ2) is 5.66. The summed E-state index contributed by atoms with van der Waals surface area (Å²) in [5.41, 5.74) is 3.45. The van der Waals surface area contributed by atoms with E-state index in [0.717, 1.165) is 29.5 Å². The summed E-state index contributed by atoms with van der Waals surface area (Å²) in [4.78, 5) is 11.5. The van der Waals surface area contributed by atoms with Crippen LogP contribution in [-0.4, -0.2) is 25.7 Å². The lowest BCUT2D eigenvalue weighted by Gasteiger charge is -2.20. The van der Waals surface area contributed by atoms with Gasteiger partial charge in [0.1, 0.15) is 0 Å². The van der Waals surface area contributed by atoms with E-state index in [0.29, 0.717) is 5.56 Å². The maximum absolute atomic E-state index is 12.1. The number of sulfone groups is 1. The van der Waals surface area contributed by atoms with Gasteiger partial charge in [0.2, 0.25) is 0 Å². The van der Waals surface area contributed by atoms with Crippen molar-refractivity contribution in [1.29, 1.82) is 0 Å². The Labute approximate surface area is 135 Å². The zero-order chi connectivity index (χ0) is 16.6. The Hall–Kier alpha value is -2.40. The molecule has 0 heterocycles. The Balaban J connectivity index is 2.23. The van der Waals surface area contributed by atoms with Crippen molar-refractivity contribution in [3.63, 3.8) is 0 Å². The Bertz CT molecular complexity index is 924. The molecule has 0 amide bonds. The van der Waals surface area contributed by atoms with E-state index in [1.165, 1.54) is 6.26 Å². The number of aryl methyl sites for hydroxylation is 1. The first-order valence-corrected chi connectivity index (χ1v) is 9.13. The van der Waals surface area contributed by atoms with Crippen LogP contribution in [0.3, 0.4) is 0 Å². The average Bonchev–Trinajstić information content (AvgIpc) is 2.53. The number of hydrogen-bond donors (Lipinski definition) is 1. The monoisotopic (exact) mass is 328 g/mol. The third-order valence-corrected chi connectivity index (χ3v) is 5.14. The number of benzene rings is 2. The van der Waals surface area contributed by atoms with Gasteiger partial charge in [0.25, 0.3) is 0 Å². The molecule has 0 saturated heterocycles. The molecule has 0 unspecified atom stereocenters. The molecule has 1 N–H and O–H groups in total. The van der Waals surface area contributed by atoms with Crippen molar-refractivity contribution in [1.82, 2.24) is 0 Å². The van der Waals surface area contributed by atoms with Crippen LogP contribution >= 0.6 is 0 Å². The molecule has 1 aliphatic carbocycles. The van der Waals surface area contributed by atoms with Crippen molar-refractivity contribution in [3.05, 3.63) is 70.8 Å².